The minimum Gasteiger partial charge on any atom is -0.339 e. The second kappa shape index (κ2) is 7.49. The molecule has 0 radical (unpaired) electrons. The maximum Gasteiger partial charge on any atom is 0.224 e. The van der Waals surface area contributed by atoms with Gasteiger partial charge < -0.3 is 4.90 Å². The predicted octanol–water partition coefficient (Wildman–Crippen LogP) is 4.13. The molecule has 1 amide bonds. The van der Waals surface area contributed by atoms with Crippen LogP contribution in [-0.2, 0) is 17.9 Å². The number of nitrogens with zero attached hydrogens (tertiary/aromatic N) is 3. The summed E-state index contributed by atoms with van der Waals surface area (Å²) in [4.78, 5) is 14.4. The molecule has 0 aliphatic heterocycles. The molecule has 5 heteroatoms. The first-order chi connectivity index (χ1) is 11.7. The quantitative estimate of drug-likeness (QED) is 0.676. The van der Waals surface area contributed by atoms with Gasteiger partial charge in [0.05, 0.1) is 12.1 Å². The van der Waals surface area contributed by atoms with Crippen LogP contribution in [0.4, 0.5) is 0 Å². The molecule has 0 aliphatic rings. The number of amides is 1. The van der Waals surface area contributed by atoms with E-state index in [0.717, 1.165) is 16.5 Å². The van der Waals surface area contributed by atoms with Crippen LogP contribution >= 0.6 is 11.6 Å². The first-order valence-electron chi connectivity index (χ1n) is 8.11. The number of aryl methyl sites for hydroxylation is 1. The van der Waals surface area contributed by atoms with Crippen molar-refractivity contribution in [2.24, 2.45) is 0 Å². The summed E-state index contributed by atoms with van der Waals surface area (Å²) < 4.78 is 1.81. The molecule has 0 spiro atoms. The maximum atomic E-state index is 12.5. The van der Waals surface area contributed by atoms with Crippen LogP contribution in [0.25, 0.3) is 10.9 Å². The van der Waals surface area contributed by atoms with Crippen LogP contribution < -0.4 is 0 Å². The zero-order valence-electron chi connectivity index (χ0n) is 13.7. The Morgan fingerprint density at radius 2 is 1.83 bits per heavy atom. The van der Waals surface area contributed by atoms with Crippen LogP contribution in [0.15, 0.2) is 54.6 Å². The molecule has 0 aliphatic carbocycles. The van der Waals surface area contributed by atoms with E-state index in [0.29, 0.717) is 31.2 Å². The minimum atomic E-state index is 0.122. The molecular formula is C19H20ClN3O. The molecule has 3 aromatic rings. The number of hydrogen-bond donors (Lipinski definition) is 0. The Balaban J connectivity index is 1.67. The lowest BCUT2D eigenvalue weighted by Crippen LogP contribution is -2.31. The normalized spacial score (nSPS) is 10.9. The number of halogens is 1. The first kappa shape index (κ1) is 16.5. The van der Waals surface area contributed by atoms with Gasteiger partial charge in [-0.05, 0) is 24.6 Å². The third kappa shape index (κ3) is 3.60. The highest BCUT2D eigenvalue weighted by Crippen LogP contribution is 2.22. The van der Waals surface area contributed by atoms with Crippen LogP contribution in [0.5, 0.6) is 0 Å². The average molecular weight is 342 g/mol. The van der Waals surface area contributed by atoms with E-state index in [1.54, 1.807) is 0 Å². The molecule has 0 N–H and O–H groups in total. The van der Waals surface area contributed by atoms with Gasteiger partial charge >= 0.3 is 0 Å². The number of rotatable bonds is 6. The van der Waals surface area contributed by atoms with E-state index in [4.69, 9.17) is 11.6 Å². The third-order valence-electron chi connectivity index (χ3n) is 4.10. The highest BCUT2D eigenvalue weighted by Gasteiger charge is 2.14. The molecule has 0 bridgehead atoms. The minimum absolute atomic E-state index is 0.122. The number of benzene rings is 2. The van der Waals surface area contributed by atoms with E-state index in [-0.39, 0.29) is 5.91 Å². The van der Waals surface area contributed by atoms with Crippen molar-refractivity contribution in [2.45, 2.75) is 26.4 Å². The van der Waals surface area contributed by atoms with Crippen molar-refractivity contribution in [3.05, 3.63) is 65.3 Å². The zero-order valence-corrected chi connectivity index (χ0v) is 14.4. The van der Waals surface area contributed by atoms with Crippen LogP contribution in [0.3, 0.4) is 0 Å². The van der Waals surface area contributed by atoms with Crippen LogP contribution in [0, 0.1) is 0 Å². The van der Waals surface area contributed by atoms with Gasteiger partial charge in [-0.2, -0.15) is 5.10 Å². The van der Waals surface area contributed by atoms with E-state index < -0.39 is 0 Å². The lowest BCUT2D eigenvalue weighted by atomic mass is 10.2. The number of fused-ring (bicyclic) bond motifs is 1. The van der Waals surface area contributed by atoms with Gasteiger partial charge in [-0.3, -0.25) is 9.48 Å². The van der Waals surface area contributed by atoms with E-state index in [2.05, 4.69) is 5.10 Å². The van der Waals surface area contributed by atoms with E-state index >= 15 is 0 Å². The summed E-state index contributed by atoms with van der Waals surface area (Å²) in [6, 6.07) is 17.8. The summed E-state index contributed by atoms with van der Waals surface area (Å²) >= 11 is 6.16. The number of carbonyl (C=O) groups excluding carboxylic acids is 1. The molecule has 4 nitrogen and oxygen atoms in total. The van der Waals surface area contributed by atoms with E-state index in [1.807, 2.05) is 71.1 Å². The maximum absolute atomic E-state index is 12.5. The van der Waals surface area contributed by atoms with Gasteiger partial charge in [-0.1, -0.05) is 54.1 Å². The summed E-state index contributed by atoms with van der Waals surface area (Å²) in [5, 5.41) is 5.74. The Labute approximate surface area is 146 Å². The fourth-order valence-electron chi connectivity index (χ4n) is 2.80. The average Bonchev–Trinajstić information content (AvgIpc) is 2.95. The van der Waals surface area contributed by atoms with E-state index in [1.165, 1.54) is 0 Å². The second-order valence-electron chi connectivity index (χ2n) is 5.67. The molecule has 0 saturated carbocycles. The van der Waals surface area contributed by atoms with Gasteiger partial charge in [0, 0.05) is 24.9 Å². The zero-order chi connectivity index (χ0) is 16.9. The van der Waals surface area contributed by atoms with E-state index in [9.17, 15) is 4.79 Å². The molecular weight excluding hydrogens is 322 g/mol. The molecule has 0 saturated heterocycles. The number of carbonyl (C=O) groups is 1. The molecule has 0 fully saturated rings. The summed E-state index contributed by atoms with van der Waals surface area (Å²) in [7, 11) is 0. The van der Waals surface area contributed by atoms with Crippen LogP contribution in [-0.4, -0.2) is 27.1 Å². The Morgan fingerprint density at radius 1 is 1.12 bits per heavy atom. The smallest absolute Gasteiger partial charge is 0.224 e. The Morgan fingerprint density at radius 3 is 2.58 bits per heavy atom. The Kier molecular flexibility index (Phi) is 5.16. The fourth-order valence-corrected chi connectivity index (χ4v) is 3.05. The highest BCUT2D eigenvalue weighted by molar-refractivity contribution is 6.34. The van der Waals surface area contributed by atoms with Crippen molar-refractivity contribution >= 4 is 28.4 Å². The Bertz CT molecular complexity index is 829. The highest BCUT2D eigenvalue weighted by atomic mass is 35.5. The summed E-state index contributed by atoms with van der Waals surface area (Å²) in [5.41, 5.74) is 2.10. The lowest BCUT2D eigenvalue weighted by molar-refractivity contribution is -0.131. The van der Waals surface area contributed by atoms with Crippen molar-refractivity contribution in [1.82, 2.24) is 14.7 Å². The molecule has 0 atom stereocenters. The molecule has 1 aromatic heterocycles. The van der Waals surface area contributed by atoms with Gasteiger partial charge in [-0.15, -0.1) is 0 Å². The van der Waals surface area contributed by atoms with Crippen molar-refractivity contribution in [2.75, 3.05) is 6.54 Å². The lowest BCUT2D eigenvalue weighted by Gasteiger charge is -2.21. The third-order valence-corrected chi connectivity index (χ3v) is 4.38. The summed E-state index contributed by atoms with van der Waals surface area (Å²) in [5.74, 6) is 0.122. The summed E-state index contributed by atoms with van der Waals surface area (Å²) in [6.07, 6.45) is 0.405. The van der Waals surface area contributed by atoms with Crippen molar-refractivity contribution in [1.29, 1.82) is 0 Å². The van der Waals surface area contributed by atoms with Gasteiger partial charge in [0.25, 0.3) is 0 Å². The van der Waals surface area contributed by atoms with Crippen LogP contribution in [0.1, 0.15) is 18.9 Å². The van der Waals surface area contributed by atoms with Gasteiger partial charge in [0.2, 0.25) is 5.91 Å². The molecule has 2 aromatic carbocycles. The van der Waals surface area contributed by atoms with Crippen molar-refractivity contribution < 1.29 is 4.79 Å². The molecule has 3 rings (SSSR count). The van der Waals surface area contributed by atoms with Crippen molar-refractivity contribution in [3.63, 3.8) is 0 Å². The van der Waals surface area contributed by atoms with Crippen LogP contribution in [0.2, 0.25) is 5.15 Å². The van der Waals surface area contributed by atoms with Gasteiger partial charge in [0.1, 0.15) is 0 Å². The first-order valence-corrected chi connectivity index (χ1v) is 8.49. The molecule has 1 heterocycles. The fraction of sp³-hybridized carbons (Fsp3) is 0.263. The summed E-state index contributed by atoms with van der Waals surface area (Å²) in [6.45, 7) is 3.85. The molecule has 124 valence electrons. The number of hydrogen-bond acceptors (Lipinski definition) is 2. The topological polar surface area (TPSA) is 38.1 Å². The number of aromatic nitrogens is 2. The SMILES string of the molecule is CCN(Cc1ccccc1)C(=O)CCn1nc(Cl)c2ccccc21. The molecule has 0 unspecified atom stereocenters. The largest absolute Gasteiger partial charge is 0.339 e. The van der Waals surface area contributed by atoms with Crippen molar-refractivity contribution in [3.8, 4) is 0 Å². The van der Waals surface area contributed by atoms with Gasteiger partial charge in [-0.25, -0.2) is 0 Å². The monoisotopic (exact) mass is 341 g/mol. The molecule has 24 heavy (non-hydrogen) atoms. The van der Waals surface area contributed by atoms with Gasteiger partial charge in [0.15, 0.2) is 5.15 Å². The number of para-hydroxylation sites is 1. The second-order valence-corrected chi connectivity index (χ2v) is 6.03. The Hall–Kier alpha value is -2.33. The standard InChI is InChI=1S/C19H20ClN3O/c1-2-22(14-15-8-4-3-5-9-15)18(24)12-13-23-17-11-7-6-10-16(17)19(20)21-23/h3-11H,2,12-14H2,1H3. The predicted molar refractivity (Wildman–Crippen MR) is 96.9 cm³/mol.